The minimum Gasteiger partial charge on any atom is -0.399 e. The van der Waals surface area contributed by atoms with Gasteiger partial charge in [-0.25, -0.2) is 0 Å². The maximum absolute atomic E-state index is 11.2. The number of hydrogen-bond donors (Lipinski definition) is 2. The average Bonchev–Trinajstić information content (AvgIpc) is 2.17. The van der Waals surface area contributed by atoms with Gasteiger partial charge in [-0.2, -0.15) is 0 Å². The van der Waals surface area contributed by atoms with Crippen molar-refractivity contribution in [1.29, 1.82) is 0 Å². The van der Waals surface area contributed by atoms with Gasteiger partial charge in [0.05, 0.1) is 5.56 Å². The van der Waals surface area contributed by atoms with Gasteiger partial charge in [0.15, 0.2) is 0 Å². The highest BCUT2D eigenvalue weighted by atomic mass is 32.2. The Morgan fingerprint density at radius 1 is 1.53 bits per heavy atom. The van der Waals surface area contributed by atoms with E-state index in [0.717, 1.165) is 11.3 Å². The third-order valence-corrected chi connectivity index (χ3v) is 3.50. The second kappa shape index (κ2) is 5.07. The first-order valence-corrected chi connectivity index (χ1v) is 5.78. The number of carbonyl (C=O) groups is 1. The van der Waals surface area contributed by atoms with Crippen LogP contribution in [0.2, 0.25) is 0 Å². The Bertz CT molecular complexity index is 366. The van der Waals surface area contributed by atoms with Crippen molar-refractivity contribution in [2.45, 2.75) is 30.4 Å². The van der Waals surface area contributed by atoms with Crippen LogP contribution in [0.1, 0.15) is 30.6 Å². The van der Waals surface area contributed by atoms with Gasteiger partial charge in [-0.3, -0.25) is 4.79 Å². The lowest BCUT2D eigenvalue weighted by Gasteiger charge is -2.11. The maximum atomic E-state index is 11.2. The van der Waals surface area contributed by atoms with Crippen LogP contribution in [0.15, 0.2) is 23.1 Å². The van der Waals surface area contributed by atoms with Gasteiger partial charge in [0, 0.05) is 15.8 Å². The van der Waals surface area contributed by atoms with Crippen LogP contribution in [0.4, 0.5) is 5.69 Å². The average molecular weight is 224 g/mol. The number of primary amides is 1. The molecule has 0 aliphatic carbocycles. The molecule has 0 aliphatic rings. The molecular weight excluding hydrogens is 208 g/mol. The zero-order chi connectivity index (χ0) is 11.4. The predicted octanol–water partition coefficient (Wildman–Crippen LogP) is 2.26. The van der Waals surface area contributed by atoms with Crippen LogP contribution in [0.5, 0.6) is 0 Å². The number of carbonyl (C=O) groups excluding carboxylic acids is 1. The summed E-state index contributed by atoms with van der Waals surface area (Å²) in [6, 6.07) is 5.18. The molecule has 0 heterocycles. The van der Waals surface area contributed by atoms with Crippen LogP contribution >= 0.6 is 11.8 Å². The van der Waals surface area contributed by atoms with E-state index >= 15 is 0 Å². The molecule has 0 spiro atoms. The van der Waals surface area contributed by atoms with Gasteiger partial charge in [-0.1, -0.05) is 13.8 Å². The van der Waals surface area contributed by atoms with Crippen molar-refractivity contribution in [1.82, 2.24) is 0 Å². The minimum absolute atomic E-state index is 0.402. The lowest BCUT2D eigenvalue weighted by atomic mass is 10.2. The molecule has 0 radical (unpaired) electrons. The van der Waals surface area contributed by atoms with Crippen LogP contribution in [-0.4, -0.2) is 11.2 Å². The van der Waals surface area contributed by atoms with Gasteiger partial charge in [0.2, 0.25) is 5.91 Å². The molecule has 4 N–H and O–H groups in total. The molecule has 0 fully saturated rings. The Morgan fingerprint density at radius 2 is 2.20 bits per heavy atom. The topological polar surface area (TPSA) is 69.1 Å². The van der Waals surface area contributed by atoms with Crippen molar-refractivity contribution in [3.8, 4) is 0 Å². The lowest BCUT2D eigenvalue weighted by molar-refractivity contribution is 0.0997. The molecular formula is C11H16N2OS. The van der Waals surface area contributed by atoms with Gasteiger partial charge < -0.3 is 11.5 Å². The molecule has 1 rings (SSSR count). The second-order valence-electron chi connectivity index (χ2n) is 3.46. The van der Waals surface area contributed by atoms with Crippen LogP contribution in [0.3, 0.4) is 0 Å². The van der Waals surface area contributed by atoms with E-state index in [1.807, 2.05) is 0 Å². The molecule has 0 saturated heterocycles. The minimum atomic E-state index is -0.402. The molecule has 4 heteroatoms. The predicted molar refractivity (Wildman–Crippen MR) is 65.0 cm³/mol. The molecule has 0 aromatic heterocycles. The van der Waals surface area contributed by atoms with E-state index in [2.05, 4.69) is 13.8 Å². The molecule has 1 atom stereocenters. The number of rotatable bonds is 4. The van der Waals surface area contributed by atoms with E-state index < -0.39 is 5.91 Å². The third kappa shape index (κ3) is 3.16. The second-order valence-corrected chi connectivity index (χ2v) is 4.94. The van der Waals surface area contributed by atoms with E-state index in [-0.39, 0.29) is 0 Å². The highest BCUT2D eigenvalue weighted by Crippen LogP contribution is 2.29. The normalized spacial score (nSPS) is 12.4. The molecule has 1 aromatic rings. The third-order valence-electron chi connectivity index (χ3n) is 2.17. The highest BCUT2D eigenvalue weighted by molar-refractivity contribution is 8.00. The van der Waals surface area contributed by atoms with Gasteiger partial charge in [-0.05, 0) is 24.6 Å². The molecule has 0 saturated carbocycles. The van der Waals surface area contributed by atoms with E-state index in [1.165, 1.54) is 0 Å². The quantitative estimate of drug-likeness (QED) is 0.609. The number of nitrogen functional groups attached to an aromatic ring is 1. The van der Waals surface area contributed by atoms with Crippen molar-refractivity contribution in [2.75, 3.05) is 5.73 Å². The van der Waals surface area contributed by atoms with Gasteiger partial charge in [-0.15, -0.1) is 11.8 Å². The molecule has 1 amide bonds. The fourth-order valence-electron chi connectivity index (χ4n) is 1.14. The van der Waals surface area contributed by atoms with E-state index in [0.29, 0.717) is 16.5 Å². The fraction of sp³-hybridized carbons (Fsp3) is 0.364. The maximum Gasteiger partial charge on any atom is 0.249 e. The first-order valence-electron chi connectivity index (χ1n) is 4.90. The number of nitrogens with two attached hydrogens (primary N) is 2. The Labute approximate surface area is 94.2 Å². The summed E-state index contributed by atoms with van der Waals surface area (Å²) < 4.78 is 0. The van der Waals surface area contributed by atoms with E-state index in [1.54, 1.807) is 30.0 Å². The van der Waals surface area contributed by atoms with Crippen molar-refractivity contribution in [3.63, 3.8) is 0 Å². The van der Waals surface area contributed by atoms with E-state index in [4.69, 9.17) is 11.5 Å². The number of anilines is 1. The first kappa shape index (κ1) is 11.9. The lowest BCUT2D eigenvalue weighted by Crippen LogP contribution is -2.13. The zero-order valence-corrected chi connectivity index (χ0v) is 9.80. The summed E-state index contributed by atoms with van der Waals surface area (Å²) >= 11 is 1.63. The summed E-state index contributed by atoms with van der Waals surface area (Å²) in [5.74, 6) is -0.402. The van der Waals surface area contributed by atoms with Crippen molar-refractivity contribution in [3.05, 3.63) is 23.8 Å². The Morgan fingerprint density at radius 3 is 2.73 bits per heavy atom. The summed E-state index contributed by atoms with van der Waals surface area (Å²) in [5.41, 5.74) is 12.2. The number of hydrogen-bond acceptors (Lipinski definition) is 3. The number of benzene rings is 1. The van der Waals surface area contributed by atoms with Crippen LogP contribution in [0.25, 0.3) is 0 Å². The summed E-state index contributed by atoms with van der Waals surface area (Å²) in [4.78, 5) is 12.0. The largest absolute Gasteiger partial charge is 0.399 e. The van der Waals surface area contributed by atoms with Crippen LogP contribution in [0, 0.1) is 0 Å². The van der Waals surface area contributed by atoms with E-state index in [9.17, 15) is 4.79 Å². The SMILES string of the molecule is CCC(C)Sc1cc(N)ccc1C(N)=O. The molecule has 15 heavy (non-hydrogen) atoms. The summed E-state index contributed by atoms with van der Waals surface area (Å²) in [7, 11) is 0. The number of thioether (sulfide) groups is 1. The molecule has 1 unspecified atom stereocenters. The zero-order valence-electron chi connectivity index (χ0n) is 8.99. The summed E-state index contributed by atoms with van der Waals surface area (Å²) in [6.07, 6.45) is 1.04. The smallest absolute Gasteiger partial charge is 0.249 e. The standard InChI is InChI=1S/C11H16N2OS/c1-3-7(2)15-10-6-8(12)4-5-9(10)11(13)14/h4-7H,3,12H2,1-2H3,(H2,13,14). The summed E-state index contributed by atoms with van der Waals surface area (Å²) in [5, 5.41) is 0.449. The van der Waals surface area contributed by atoms with Gasteiger partial charge in [0.25, 0.3) is 0 Å². The molecule has 82 valence electrons. The highest BCUT2D eigenvalue weighted by Gasteiger charge is 2.11. The molecule has 1 aromatic carbocycles. The van der Waals surface area contributed by atoms with Crippen molar-refractivity contribution < 1.29 is 4.79 Å². The van der Waals surface area contributed by atoms with Gasteiger partial charge >= 0.3 is 0 Å². The van der Waals surface area contributed by atoms with Gasteiger partial charge in [0.1, 0.15) is 0 Å². The summed E-state index contributed by atoms with van der Waals surface area (Å²) in [6.45, 7) is 4.21. The van der Waals surface area contributed by atoms with Crippen molar-refractivity contribution >= 4 is 23.4 Å². The van der Waals surface area contributed by atoms with Crippen molar-refractivity contribution in [2.24, 2.45) is 5.73 Å². The monoisotopic (exact) mass is 224 g/mol. The molecule has 3 nitrogen and oxygen atoms in total. The molecule has 0 bridgehead atoms. The van der Waals surface area contributed by atoms with Crippen LogP contribution in [-0.2, 0) is 0 Å². The Balaban J connectivity index is 3.02. The fourth-order valence-corrected chi connectivity index (χ4v) is 2.24. The number of amides is 1. The molecule has 0 aliphatic heterocycles. The van der Waals surface area contributed by atoms with Crippen LogP contribution < -0.4 is 11.5 Å². The first-order chi connectivity index (χ1) is 7.04. The Hall–Kier alpha value is -1.16. The Kier molecular flexibility index (Phi) is 4.03.